The standard InChI is InChI=1S/C27H30N6/c1-25(2,3)24-20-16-23(29-24)33-12-10-22(31-33)27(6,7)21-9-11-32(30-21)19-14-17(26(20,4)5)13-18(15-19)28-8/h9-16,29H,1-7H3. The second-order valence-electron chi connectivity index (χ2n) is 11.1. The summed E-state index contributed by atoms with van der Waals surface area (Å²) in [7, 11) is 0. The molecule has 0 radical (unpaired) electrons. The lowest BCUT2D eigenvalue weighted by Crippen LogP contribution is -2.25. The van der Waals surface area contributed by atoms with Crippen LogP contribution in [0.4, 0.5) is 5.69 Å². The second-order valence-corrected chi connectivity index (χ2v) is 11.1. The number of nitrogens with zero attached hydrogens (tertiary/aromatic N) is 5. The summed E-state index contributed by atoms with van der Waals surface area (Å²) in [6.07, 6.45) is 3.99. The lowest BCUT2D eigenvalue weighted by atomic mass is 9.74. The molecule has 0 saturated carbocycles. The quantitative estimate of drug-likeness (QED) is 0.332. The van der Waals surface area contributed by atoms with Crippen LogP contribution in [-0.4, -0.2) is 24.5 Å². The first-order valence-electron chi connectivity index (χ1n) is 11.3. The number of nitrogens with one attached hydrogen (secondary N) is 1. The first-order valence-corrected chi connectivity index (χ1v) is 11.3. The predicted molar refractivity (Wildman–Crippen MR) is 131 cm³/mol. The van der Waals surface area contributed by atoms with Gasteiger partial charge >= 0.3 is 0 Å². The molecule has 3 aromatic heterocycles. The predicted octanol–water partition coefficient (Wildman–Crippen LogP) is 6.20. The summed E-state index contributed by atoms with van der Waals surface area (Å²) in [6, 6.07) is 12.4. The molecule has 33 heavy (non-hydrogen) atoms. The Morgan fingerprint density at radius 3 is 2.15 bits per heavy atom. The van der Waals surface area contributed by atoms with E-state index in [0.29, 0.717) is 5.69 Å². The minimum atomic E-state index is -0.373. The molecule has 4 heterocycles. The first-order chi connectivity index (χ1) is 15.4. The van der Waals surface area contributed by atoms with E-state index < -0.39 is 0 Å². The van der Waals surface area contributed by atoms with Crippen molar-refractivity contribution in [2.75, 3.05) is 0 Å². The van der Waals surface area contributed by atoms with Crippen LogP contribution in [0.2, 0.25) is 0 Å². The molecule has 5 rings (SSSR count). The minimum Gasteiger partial charge on any atom is -0.343 e. The van der Waals surface area contributed by atoms with Gasteiger partial charge in [0.1, 0.15) is 5.82 Å². The number of aromatic amines is 1. The van der Waals surface area contributed by atoms with Crippen molar-refractivity contribution in [2.45, 2.75) is 64.7 Å². The Morgan fingerprint density at radius 2 is 1.52 bits per heavy atom. The largest absolute Gasteiger partial charge is 0.343 e. The average molecular weight is 439 g/mol. The zero-order valence-corrected chi connectivity index (χ0v) is 20.4. The lowest BCUT2D eigenvalue weighted by molar-refractivity contribution is 0.537. The second kappa shape index (κ2) is 6.71. The van der Waals surface area contributed by atoms with Crippen LogP contribution in [0.5, 0.6) is 0 Å². The third-order valence-electron chi connectivity index (χ3n) is 6.95. The Morgan fingerprint density at radius 1 is 0.879 bits per heavy atom. The number of benzene rings is 1. The molecule has 1 aromatic carbocycles. The summed E-state index contributed by atoms with van der Waals surface area (Å²) < 4.78 is 3.80. The Bertz CT molecular complexity index is 1410. The van der Waals surface area contributed by atoms with Crippen molar-refractivity contribution in [3.63, 3.8) is 0 Å². The molecule has 0 atom stereocenters. The fraction of sp³-hybridized carbons (Fsp3) is 0.370. The van der Waals surface area contributed by atoms with E-state index in [2.05, 4.69) is 76.5 Å². The van der Waals surface area contributed by atoms with Crippen LogP contribution < -0.4 is 0 Å². The molecule has 6 nitrogen and oxygen atoms in total. The maximum absolute atomic E-state index is 7.72. The number of hydrogen-bond donors (Lipinski definition) is 1. The highest BCUT2D eigenvalue weighted by Gasteiger charge is 2.34. The maximum Gasteiger partial charge on any atom is 0.189 e. The molecule has 0 unspecified atom stereocenters. The Kier molecular flexibility index (Phi) is 4.32. The van der Waals surface area contributed by atoms with Gasteiger partial charge in [0.25, 0.3) is 0 Å². The van der Waals surface area contributed by atoms with Crippen molar-refractivity contribution in [1.29, 1.82) is 0 Å². The average Bonchev–Trinajstić information content (AvgIpc) is 3.51. The van der Waals surface area contributed by atoms with Crippen LogP contribution in [0.25, 0.3) is 16.4 Å². The fourth-order valence-corrected chi connectivity index (χ4v) is 4.68. The van der Waals surface area contributed by atoms with E-state index in [1.165, 1.54) is 11.3 Å². The van der Waals surface area contributed by atoms with Crippen molar-refractivity contribution in [1.82, 2.24) is 24.5 Å². The molecule has 168 valence electrons. The van der Waals surface area contributed by atoms with Gasteiger partial charge in [-0.05, 0) is 55.3 Å². The van der Waals surface area contributed by atoms with Crippen LogP contribution in [0.1, 0.15) is 76.7 Å². The number of aromatic nitrogens is 5. The van der Waals surface area contributed by atoms with Gasteiger partial charge in [0.15, 0.2) is 5.69 Å². The Balaban J connectivity index is 1.88. The summed E-state index contributed by atoms with van der Waals surface area (Å²) in [4.78, 5) is 7.46. The van der Waals surface area contributed by atoms with Gasteiger partial charge in [-0.1, -0.05) is 40.7 Å². The number of rotatable bonds is 0. The molecular weight excluding hydrogens is 408 g/mol. The summed E-state index contributed by atoms with van der Waals surface area (Å²) in [6.45, 7) is 23.1. The molecule has 0 spiro atoms. The van der Waals surface area contributed by atoms with E-state index in [1.54, 1.807) is 0 Å². The summed E-state index contributed by atoms with van der Waals surface area (Å²) in [5, 5.41) is 9.86. The smallest absolute Gasteiger partial charge is 0.189 e. The summed E-state index contributed by atoms with van der Waals surface area (Å²) in [5.41, 5.74) is 6.03. The topological polar surface area (TPSA) is 55.8 Å². The monoisotopic (exact) mass is 438 g/mol. The van der Waals surface area contributed by atoms with Gasteiger partial charge in [-0.15, -0.1) is 0 Å². The molecule has 6 heteroatoms. The molecule has 0 saturated heterocycles. The van der Waals surface area contributed by atoms with Crippen molar-refractivity contribution < 1.29 is 0 Å². The fourth-order valence-electron chi connectivity index (χ4n) is 4.68. The molecule has 1 aliphatic rings. The number of H-pyrrole nitrogens is 1. The van der Waals surface area contributed by atoms with Gasteiger partial charge in [0.2, 0.25) is 0 Å². The van der Waals surface area contributed by atoms with Gasteiger partial charge in [0.05, 0.1) is 29.1 Å². The minimum absolute atomic E-state index is 0.0925. The summed E-state index contributed by atoms with van der Waals surface area (Å²) >= 11 is 0. The van der Waals surface area contributed by atoms with Gasteiger partial charge in [0, 0.05) is 28.9 Å². The van der Waals surface area contributed by atoms with E-state index in [1.807, 2.05) is 40.0 Å². The van der Waals surface area contributed by atoms with E-state index in [4.69, 9.17) is 16.8 Å². The van der Waals surface area contributed by atoms with E-state index >= 15 is 0 Å². The molecule has 0 aliphatic carbocycles. The highest BCUT2D eigenvalue weighted by Crippen LogP contribution is 2.41. The Labute approximate surface area is 195 Å². The molecule has 1 N–H and O–H groups in total. The molecule has 0 fully saturated rings. The number of hydrogen-bond acceptors (Lipinski definition) is 2. The van der Waals surface area contributed by atoms with Gasteiger partial charge in [-0.3, -0.25) is 0 Å². The van der Waals surface area contributed by atoms with Crippen molar-refractivity contribution in [3.05, 3.63) is 88.4 Å². The van der Waals surface area contributed by atoms with Crippen LogP contribution >= 0.6 is 0 Å². The highest BCUT2D eigenvalue weighted by molar-refractivity contribution is 5.59. The molecule has 0 amide bonds. The normalized spacial score (nSPS) is 16.2. The zero-order valence-electron chi connectivity index (χ0n) is 20.4. The van der Waals surface area contributed by atoms with Crippen LogP contribution in [-0.2, 0) is 16.2 Å². The van der Waals surface area contributed by atoms with Crippen molar-refractivity contribution in [2.24, 2.45) is 0 Å². The van der Waals surface area contributed by atoms with Crippen molar-refractivity contribution >= 4 is 5.69 Å². The van der Waals surface area contributed by atoms with Crippen LogP contribution in [0.15, 0.2) is 48.8 Å². The van der Waals surface area contributed by atoms with Crippen LogP contribution in [0, 0.1) is 6.57 Å². The SMILES string of the molecule is [C-]#[N+]c1cc2cc(c1)C(C)(C)c1cc([nH]c1C(C)(C)C)-n1ccc(n1)C(C)(C)c1ccn-2n1. The highest BCUT2D eigenvalue weighted by atomic mass is 15.3. The van der Waals surface area contributed by atoms with Gasteiger partial charge in [-0.25, -0.2) is 14.2 Å². The Hall–Kier alpha value is -3.59. The molecule has 4 aromatic rings. The van der Waals surface area contributed by atoms with Crippen LogP contribution in [0.3, 0.4) is 0 Å². The zero-order chi connectivity index (χ0) is 23.8. The third-order valence-corrected chi connectivity index (χ3v) is 6.95. The molecule has 1 aliphatic heterocycles. The van der Waals surface area contributed by atoms with E-state index in [9.17, 15) is 0 Å². The first kappa shape index (κ1) is 21.3. The van der Waals surface area contributed by atoms with E-state index in [0.717, 1.165) is 28.5 Å². The maximum atomic E-state index is 7.72. The molecular formula is C27H30N6. The van der Waals surface area contributed by atoms with Gasteiger partial charge in [-0.2, -0.15) is 10.2 Å². The van der Waals surface area contributed by atoms with E-state index in [-0.39, 0.29) is 16.2 Å². The van der Waals surface area contributed by atoms with Gasteiger partial charge < -0.3 is 4.98 Å². The third kappa shape index (κ3) is 3.22. The molecule has 8 bridgehead atoms. The lowest BCUT2D eigenvalue weighted by Gasteiger charge is -2.31. The summed E-state index contributed by atoms with van der Waals surface area (Å²) in [5.74, 6) is 0.939. The van der Waals surface area contributed by atoms with Crippen molar-refractivity contribution in [3.8, 4) is 11.5 Å². The number of fused-ring (bicyclic) bond motifs is 10.